The molecule has 0 aliphatic carbocycles. The maximum Gasteiger partial charge on any atom is 0.416 e. The van der Waals surface area contributed by atoms with E-state index in [1.54, 1.807) is 6.20 Å². The Kier molecular flexibility index (Phi) is 12.9. The summed E-state index contributed by atoms with van der Waals surface area (Å²) in [5.41, 5.74) is 3.30. The van der Waals surface area contributed by atoms with Gasteiger partial charge in [0.15, 0.2) is 0 Å². The SMILES string of the molecule is CCCCCCn1cccc1/C=C/c1cnc(/C=C/c2cccn2CCCCCC)c2nc(-c3ccc(C(F)(F)F)cc3)c(-c3ccc(C(F)(F)F)cc3)nc12. The molecule has 0 radical (unpaired) electrons. The summed E-state index contributed by atoms with van der Waals surface area (Å²) in [4.78, 5) is 14.9. The predicted molar refractivity (Wildman–Crippen MR) is 213 cm³/mol. The lowest BCUT2D eigenvalue weighted by molar-refractivity contribution is -0.138. The monoisotopic (exact) mass is 769 g/mol. The number of rotatable bonds is 16. The normalized spacial score (nSPS) is 12.5. The van der Waals surface area contributed by atoms with E-state index in [0.29, 0.717) is 33.4 Å². The average Bonchev–Trinajstić information content (AvgIpc) is 3.84. The molecule has 0 N–H and O–H groups in total. The number of hydrogen-bond acceptors (Lipinski definition) is 3. The number of pyridine rings is 1. The summed E-state index contributed by atoms with van der Waals surface area (Å²) < 4.78 is 85.9. The van der Waals surface area contributed by atoms with E-state index in [1.807, 2.05) is 61.0 Å². The molecular formula is C45H45F6N5. The van der Waals surface area contributed by atoms with Crippen molar-refractivity contribution in [3.05, 3.63) is 125 Å². The summed E-state index contributed by atoms with van der Waals surface area (Å²) in [6, 6.07) is 17.1. The van der Waals surface area contributed by atoms with Gasteiger partial charge in [0.25, 0.3) is 0 Å². The van der Waals surface area contributed by atoms with Gasteiger partial charge in [-0.25, -0.2) is 9.97 Å². The summed E-state index contributed by atoms with van der Waals surface area (Å²) in [7, 11) is 0. The van der Waals surface area contributed by atoms with Gasteiger partial charge in [-0.1, -0.05) is 76.6 Å². The van der Waals surface area contributed by atoms with Gasteiger partial charge in [-0.3, -0.25) is 4.98 Å². The molecule has 0 bridgehead atoms. The molecule has 0 unspecified atom stereocenters. The molecule has 0 saturated carbocycles. The second-order valence-electron chi connectivity index (χ2n) is 13.9. The van der Waals surface area contributed by atoms with E-state index in [1.165, 1.54) is 37.1 Å². The van der Waals surface area contributed by atoms with Crippen LogP contribution in [-0.4, -0.2) is 24.1 Å². The minimum atomic E-state index is -4.56. The first-order valence-corrected chi connectivity index (χ1v) is 19.2. The number of alkyl halides is 6. The highest BCUT2D eigenvalue weighted by Crippen LogP contribution is 2.37. The molecule has 4 heterocycles. The maximum absolute atomic E-state index is 13.6. The van der Waals surface area contributed by atoms with Crippen molar-refractivity contribution in [3.63, 3.8) is 0 Å². The van der Waals surface area contributed by atoms with Crippen LogP contribution in [0.5, 0.6) is 0 Å². The van der Waals surface area contributed by atoms with Crippen LogP contribution in [0, 0.1) is 0 Å². The van der Waals surface area contributed by atoms with Gasteiger partial charge in [-0.15, -0.1) is 0 Å². The molecule has 2 aromatic carbocycles. The Morgan fingerprint density at radius 2 is 1.00 bits per heavy atom. The summed E-state index contributed by atoms with van der Waals surface area (Å²) in [6.07, 6.45) is 13.3. The summed E-state index contributed by atoms with van der Waals surface area (Å²) in [5, 5.41) is 0. The van der Waals surface area contributed by atoms with E-state index in [2.05, 4.69) is 23.0 Å². The number of fused-ring (bicyclic) bond motifs is 1. The fourth-order valence-corrected chi connectivity index (χ4v) is 6.68. The number of hydrogen-bond donors (Lipinski definition) is 0. The second-order valence-corrected chi connectivity index (χ2v) is 13.9. The highest BCUT2D eigenvalue weighted by molar-refractivity contribution is 5.96. The lowest BCUT2D eigenvalue weighted by Crippen LogP contribution is -2.05. The third-order valence-electron chi connectivity index (χ3n) is 9.81. The standard InChI is InChI=1S/C45H45F6N5/c1-3-5-7-9-27-55-29-11-13-37(55)24-19-34-31-52-39(26-25-38-14-12-30-56(38)28-10-8-6-4-2)43-42(34)53-40(32-15-20-35(21-16-32)44(46,47)48)41(54-43)33-17-22-36(23-18-33)45(49,50)51/h11-26,29-31H,3-10,27-28H2,1-2H3/b24-19+,26-25+. The number of benzene rings is 2. The van der Waals surface area contributed by atoms with Crippen LogP contribution >= 0.6 is 0 Å². The van der Waals surface area contributed by atoms with Crippen molar-refractivity contribution in [2.45, 2.75) is 90.7 Å². The first kappa shape index (κ1) is 40.2. The van der Waals surface area contributed by atoms with E-state index in [-0.39, 0.29) is 11.4 Å². The minimum absolute atomic E-state index is 0.212. The molecule has 292 valence electrons. The van der Waals surface area contributed by atoms with Crippen molar-refractivity contribution >= 4 is 35.3 Å². The summed E-state index contributed by atoms with van der Waals surface area (Å²) >= 11 is 0. The topological polar surface area (TPSA) is 48.5 Å². The Bertz CT molecular complexity index is 2100. The van der Waals surface area contributed by atoms with Gasteiger partial charge in [0.2, 0.25) is 0 Å². The molecule has 0 fully saturated rings. The average molecular weight is 770 g/mol. The van der Waals surface area contributed by atoms with Gasteiger partial charge in [0, 0.05) is 59.8 Å². The molecule has 0 aliphatic rings. The van der Waals surface area contributed by atoms with Crippen molar-refractivity contribution in [2.75, 3.05) is 0 Å². The van der Waals surface area contributed by atoms with Crippen LogP contribution < -0.4 is 0 Å². The van der Waals surface area contributed by atoms with Crippen LogP contribution in [-0.2, 0) is 25.4 Å². The third-order valence-corrected chi connectivity index (χ3v) is 9.81. The van der Waals surface area contributed by atoms with Gasteiger partial charge >= 0.3 is 12.4 Å². The number of unbranched alkanes of at least 4 members (excludes halogenated alkanes) is 6. The molecule has 0 aliphatic heterocycles. The molecule has 11 heteroatoms. The minimum Gasteiger partial charge on any atom is -0.348 e. The highest BCUT2D eigenvalue weighted by atomic mass is 19.4. The van der Waals surface area contributed by atoms with E-state index in [9.17, 15) is 26.3 Å². The molecular weight excluding hydrogens is 725 g/mol. The molecule has 0 saturated heterocycles. The molecule has 0 amide bonds. The number of aryl methyl sites for hydroxylation is 2. The zero-order valence-electron chi connectivity index (χ0n) is 31.5. The quantitative estimate of drug-likeness (QED) is 0.0727. The Balaban J connectivity index is 1.50. The van der Waals surface area contributed by atoms with Gasteiger partial charge in [0.1, 0.15) is 11.0 Å². The Morgan fingerprint density at radius 1 is 0.536 bits per heavy atom. The summed E-state index contributed by atoms with van der Waals surface area (Å²) in [5.74, 6) is 0. The smallest absolute Gasteiger partial charge is 0.348 e. The fraction of sp³-hybridized carbons (Fsp3) is 0.311. The van der Waals surface area contributed by atoms with E-state index < -0.39 is 23.5 Å². The zero-order valence-corrected chi connectivity index (χ0v) is 31.5. The van der Waals surface area contributed by atoms with Crippen molar-refractivity contribution in [1.82, 2.24) is 24.1 Å². The number of halogens is 6. The third kappa shape index (κ3) is 9.85. The van der Waals surface area contributed by atoms with Crippen molar-refractivity contribution < 1.29 is 26.3 Å². The predicted octanol–water partition coefficient (Wildman–Crippen LogP) is 13.5. The van der Waals surface area contributed by atoms with Crippen molar-refractivity contribution in [1.29, 1.82) is 0 Å². The Hall–Kier alpha value is -5.45. The second kappa shape index (κ2) is 18.0. The lowest BCUT2D eigenvalue weighted by Gasteiger charge is -2.15. The first-order valence-electron chi connectivity index (χ1n) is 19.2. The largest absolute Gasteiger partial charge is 0.416 e. The highest BCUT2D eigenvalue weighted by Gasteiger charge is 2.31. The molecule has 6 aromatic rings. The fourth-order valence-electron chi connectivity index (χ4n) is 6.68. The van der Waals surface area contributed by atoms with E-state index in [0.717, 1.165) is 87.3 Å². The number of nitrogens with zero attached hydrogens (tertiary/aromatic N) is 5. The first-order chi connectivity index (χ1) is 27.0. The molecule has 0 spiro atoms. The molecule has 0 atom stereocenters. The van der Waals surface area contributed by atoms with Crippen molar-refractivity contribution in [3.8, 4) is 22.5 Å². The van der Waals surface area contributed by atoms with Crippen LogP contribution in [0.3, 0.4) is 0 Å². The van der Waals surface area contributed by atoms with Crippen LogP contribution in [0.1, 0.15) is 99.0 Å². The molecule has 4 aromatic heterocycles. The van der Waals surface area contributed by atoms with E-state index >= 15 is 0 Å². The Labute approximate surface area is 323 Å². The molecule has 56 heavy (non-hydrogen) atoms. The van der Waals surface area contributed by atoms with Crippen LogP contribution in [0.15, 0.2) is 91.4 Å². The van der Waals surface area contributed by atoms with Gasteiger partial charge < -0.3 is 9.13 Å². The van der Waals surface area contributed by atoms with Gasteiger partial charge in [0.05, 0.1) is 28.2 Å². The van der Waals surface area contributed by atoms with Crippen LogP contribution in [0.4, 0.5) is 26.3 Å². The molecule has 5 nitrogen and oxygen atoms in total. The van der Waals surface area contributed by atoms with Crippen LogP contribution in [0.25, 0.3) is 57.9 Å². The molecule has 6 rings (SSSR count). The maximum atomic E-state index is 13.6. The zero-order chi connectivity index (χ0) is 39.7. The van der Waals surface area contributed by atoms with Crippen molar-refractivity contribution in [2.24, 2.45) is 0 Å². The Morgan fingerprint density at radius 3 is 1.46 bits per heavy atom. The van der Waals surface area contributed by atoms with Crippen LogP contribution in [0.2, 0.25) is 0 Å². The van der Waals surface area contributed by atoms with Gasteiger partial charge in [-0.05, 0) is 85.7 Å². The lowest BCUT2D eigenvalue weighted by atomic mass is 10.0. The summed E-state index contributed by atoms with van der Waals surface area (Å²) in [6.45, 7) is 6.08. The van der Waals surface area contributed by atoms with E-state index in [4.69, 9.17) is 15.0 Å². The van der Waals surface area contributed by atoms with Gasteiger partial charge in [-0.2, -0.15) is 26.3 Å². The number of aromatic nitrogens is 5.